The van der Waals surface area contributed by atoms with Crippen molar-refractivity contribution in [1.29, 1.82) is 0 Å². The molecule has 0 aromatic heterocycles. The van der Waals surface area contributed by atoms with Crippen LogP contribution in [0.3, 0.4) is 0 Å². The molecule has 23 heavy (non-hydrogen) atoms. The Balaban J connectivity index is 0. The fourth-order valence-electron chi connectivity index (χ4n) is 1.37. The Morgan fingerprint density at radius 1 is 0.957 bits per heavy atom. The van der Waals surface area contributed by atoms with Gasteiger partial charge >= 0.3 is 11.9 Å². The third kappa shape index (κ3) is 18.1. The molecular formula is C19H32O4. The highest BCUT2D eigenvalue weighted by molar-refractivity contribution is 5.87. The first-order chi connectivity index (χ1) is 11.0. The van der Waals surface area contributed by atoms with Crippen LogP contribution in [0.1, 0.15) is 60.3 Å². The third-order valence-electron chi connectivity index (χ3n) is 2.77. The summed E-state index contributed by atoms with van der Waals surface area (Å²) in [6, 6.07) is 0. The van der Waals surface area contributed by atoms with Crippen LogP contribution in [0.25, 0.3) is 0 Å². The molecule has 0 aromatic carbocycles. The van der Waals surface area contributed by atoms with E-state index in [0.29, 0.717) is 18.8 Å². The molecule has 4 nitrogen and oxygen atoms in total. The first-order valence-electron chi connectivity index (χ1n) is 8.33. The molecule has 0 aliphatic heterocycles. The quantitative estimate of drug-likeness (QED) is 0.266. The number of carbonyl (C=O) groups excluding carboxylic acids is 2. The second kappa shape index (κ2) is 18.2. The third-order valence-corrected chi connectivity index (χ3v) is 2.77. The zero-order chi connectivity index (χ0) is 17.9. The van der Waals surface area contributed by atoms with Crippen molar-refractivity contribution < 1.29 is 19.1 Å². The van der Waals surface area contributed by atoms with Crippen molar-refractivity contribution in [3.05, 3.63) is 36.0 Å². The predicted octanol–water partition coefficient (Wildman–Crippen LogP) is 4.76. The lowest BCUT2D eigenvalue weighted by molar-refractivity contribution is -0.138. The van der Waals surface area contributed by atoms with E-state index in [2.05, 4.69) is 17.7 Å². The predicted molar refractivity (Wildman–Crippen MR) is 95.1 cm³/mol. The highest BCUT2D eigenvalue weighted by Gasteiger charge is 2.00. The highest BCUT2D eigenvalue weighted by atomic mass is 16.5. The second-order valence-corrected chi connectivity index (χ2v) is 4.73. The Hall–Kier alpha value is -1.84. The molecule has 0 aromatic rings. The zero-order valence-electron chi connectivity index (χ0n) is 15.3. The number of carbonyl (C=O) groups is 2. The van der Waals surface area contributed by atoms with E-state index >= 15 is 0 Å². The summed E-state index contributed by atoms with van der Waals surface area (Å²) in [6.07, 6.45) is 13.7. The smallest absolute Gasteiger partial charge is 0.333 e. The van der Waals surface area contributed by atoms with Gasteiger partial charge in [-0.25, -0.2) is 9.59 Å². The van der Waals surface area contributed by atoms with E-state index in [-0.39, 0.29) is 11.9 Å². The summed E-state index contributed by atoms with van der Waals surface area (Å²) < 4.78 is 9.41. The Bertz CT molecular complexity index is 392. The molecule has 0 saturated carbocycles. The van der Waals surface area contributed by atoms with Gasteiger partial charge in [-0.15, -0.1) is 0 Å². The molecule has 0 spiro atoms. The standard InChI is InChI=1S/C12H20O2.C7H12O2/c1-3-5-6-7-8-9-10-11-12(13)14-4-2;1-4-6(3)7(8)9-5-2/h8-11H,3-7H2,1-2H3;4H,5H2,1-3H3. The number of rotatable bonds is 9. The topological polar surface area (TPSA) is 52.6 Å². The number of esters is 2. The maximum Gasteiger partial charge on any atom is 0.333 e. The van der Waals surface area contributed by atoms with Gasteiger partial charge in [0, 0.05) is 11.6 Å². The molecule has 0 rings (SSSR count). The molecule has 0 saturated heterocycles. The van der Waals surface area contributed by atoms with Crippen molar-refractivity contribution >= 4 is 11.9 Å². The van der Waals surface area contributed by atoms with Gasteiger partial charge in [-0.1, -0.05) is 44.1 Å². The summed E-state index contributed by atoms with van der Waals surface area (Å²) in [5.41, 5.74) is 0.664. The van der Waals surface area contributed by atoms with Crippen molar-refractivity contribution in [3.8, 4) is 0 Å². The van der Waals surface area contributed by atoms with Gasteiger partial charge in [-0.2, -0.15) is 0 Å². The number of hydrogen-bond acceptors (Lipinski definition) is 4. The van der Waals surface area contributed by atoms with E-state index in [9.17, 15) is 9.59 Å². The Morgan fingerprint density at radius 3 is 2.13 bits per heavy atom. The van der Waals surface area contributed by atoms with Crippen LogP contribution in [0.15, 0.2) is 36.0 Å². The maximum atomic E-state index is 10.8. The lowest BCUT2D eigenvalue weighted by Crippen LogP contribution is -2.04. The monoisotopic (exact) mass is 324 g/mol. The van der Waals surface area contributed by atoms with Crippen molar-refractivity contribution in [1.82, 2.24) is 0 Å². The van der Waals surface area contributed by atoms with Crippen LogP contribution < -0.4 is 0 Å². The minimum Gasteiger partial charge on any atom is -0.463 e. The highest BCUT2D eigenvalue weighted by Crippen LogP contribution is 1.99. The average Bonchev–Trinajstić information content (AvgIpc) is 2.54. The largest absolute Gasteiger partial charge is 0.463 e. The summed E-state index contributed by atoms with van der Waals surface area (Å²) in [6.45, 7) is 10.2. The molecule has 0 amide bonds. The minimum absolute atomic E-state index is 0.222. The first-order valence-corrected chi connectivity index (χ1v) is 8.33. The van der Waals surface area contributed by atoms with Crippen molar-refractivity contribution in [2.45, 2.75) is 60.3 Å². The van der Waals surface area contributed by atoms with E-state index in [0.717, 1.165) is 6.42 Å². The summed E-state index contributed by atoms with van der Waals surface area (Å²) in [5, 5.41) is 0. The summed E-state index contributed by atoms with van der Waals surface area (Å²) in [5.74, 6) is -0.495. The summed E-state index contributed by atoms with van der Waals surface area (Å²) >= 11 is 0. The van der Waals surface area contributed by atoms with Crippen LogP contribution >= 0.6 is 0 Å². The molecule has 4 heteroatoms. The van der Waals surface area contributed by atoms with Gasteiger partial charge in [0.1, 0.15) is 0 Å². The zero-order valence-corrected chi connectivity index (χ0v) is 15.3. The first kappa shape index (κ1) is 23.4. The lowest BCUT2D eigenvalue weighted by Gasteiger charge is -1.98. The van der Waals surface area contributed by atoms with Gasteiger partial charge in [0.05, 0.1) is 13.2 Å². The van der Waals surface area contributed by atoms with Crippen LogP contribution in [0.2, 0.25) is 0 Å². The number of hydrogen-bond donors (Lipinski definition) is 0. The van der Waals surface area contributed by atoms with Crippen molar-refractivity contribution in [3.63, 3.8) is 0 Å². The molecule has 0 fully saturated rings. The van der Waals surface area contributed by atoms with Crippen LogP contribution in [-0.2, 0) is 19.1 Å². The molecular weight excluding hydrogens is 292 g/mol. The SMILES string of the molecule is CC=C(C)C(=O)OCC.CCCCCC=CC=CC(=O)OCC. The van der Waals surface area contributed by atoms with E-state index in [1.807, 2.05) is 13.0 Å². The molecule has 0 N–H and O–H groups in total. The maximum absolute atomic E-state index is 10.8. The summed E-state index contributed by atoms with van der Waals surface area (Å²) in [7, 11) is 0. The van der Waals surface area contributed by atoms with Gasteiger partial charge < -0.3 is 9.47 Å². The van der Waals surface area contributed by atoms with Crippen LogP contribution in [-0.4, -0.2) is 25.2 Å². The molecule has 0 atom stereocenters. The molecule has 0 unspecified atom stereocenters. The van der Waals surface area contributed by atoms with E-state index in [4.69, 9.17) is 4.74 Å². The van der Waals surface area contributed by atoms with Gasteiger partial charge in [0.2, 0.25) is 0 Å². The van der Waals surface area contributed by atoms with E-state index in [1.165, 1.54) is 25.3 Å². The fourth-order valence-corrected chi connectivity index (χ4v) is 1.37. The van der Waals surface area contributed by atoms with Gasteiger partial charge in [0.15, 0.2) is 0 Å². The van der Waals surface area contributed by atoms with Crippen LogP contribution in [0, 0.1) is 0 Å². The molecule has 0 aliphatic rings. The molecule has 0 aliphatic carbocycles. The molecule has 132 valence electrons. The van der Waals surface area contributed by atoms with E-state index < -0.39 is 0 Å². The van der Waals surface area contributed by atoms with Crippen molar-refractivity contribution in [2.75, 3.05) is 13.2 Å². The number of unbranched alkanes of at least 4 members (excludes halogenated alkanes) is 3. The number of allylic oxidation sites excluding steroid dienone is 4. The molecule has 0 radical (unpaired) electrons. The fraction of sp³-hybridized carbons (Fsp3) is 0.579. The second-order valence-electron chi connectivity index (χ2n) is 4.73. The van der Waals surface area contributed by atoms with Crippen LogP contribution in [0.5, 0.6) is 0 Å². The Labute approximate surface area is 141 Å². The Morgan fingerprint density at radius 2 is 1.61 bits per heavy atom. The summed E-state index contributed by atoms with van der Waals surface area (Å²) in [4.78, 5) is 21.5. The van der Waals surface area contributed by atoms with Crippen molar-refractivity contribution in [2.24, 2.45) is 0 Å². The normalized spacial score (nSPS) is 11.3. The Kier molecular flexibility index (Phi) is 18.5. The average molecular weight is 324 g/mol. The molecule has 0 heterocycles. The van der Waals surface area contributed by atoms with Gasteiger partial charge in [-0.05, 0) is 40.5 Å². The number of ether oxygens (including phenoxy) is 2. The van der Waals surface area contributed by atoms with Gasteiger partial charge in [-0.3, -0.25) is 0 Å². The van der Waals surface area contributed by atoms with E-state index in [1.54, 1.807) is 32.9 Å². The van der Waals surface area contributed by atoms with Gasteiger partial charge in [0.25, 0.3) is 0 Å². The van der Waals surface area contributed by atoms with Crippen LogP contribution in [0.4, 0.5) is 0 Å². The minimum atomic E-state index is -0.272. The molecule has 0 bridgehead atoms. The lowest BCUT2D eigenvalue weighted by atomic mass is 10.2.